The fourth-order valence-corrected chi connectivity index (χ4v) is 5.19. The average Bonchev–Trinajstić information content (AvgIpc) is 3.52. The van der Waals surface area contributed by atoms with E-state index in [-0.39, 0.29) is 17.2 Å². The van der Waals surface area contributed by atoms with Crippen molar-refractivity contribution in [3.8, 4) is 5.75 Å². The third-order valence-electron chi connectivity index (χ3n) is 7.24. The summed E-state index contributed by atoms with van der Waals surface area (Å²) in [6.45, 7) is 4.40. The molecule has 1 N–H and O–H groups in total. The number of carbonyl (C=O) groups is 2. The van der Waals surface area contributed by atoms with Gasteiger partial charge in [0.05, 0.1) is 23.3 Å². The maximum atomic E-state index is 13.6. The number of nitrogens with zero attached hydrogens (tertiary/aromatic N) is 4. The van der Waals surface area contributed by atoms with Crippen LogP contribution in [0.5, 0.6) is 5.75 Å². The zero-order chi connectivity index (χ0) is 27.4. The van der Waals surface area contributed by atoms with Crippen LogP contribution in [0.3, 0.4) is 0 Å². The summed E-state index contributed by atoms with van der Waals surface area (Å²) in [5, 5.41) is 13.9. The van der Waals surface area contributed by atoms with E-state index in [1.54, 1.807) is 19.2 Å². The van der Waals surface area contributed by atoms with E-state index in [0.717, 1.165) is 56.1 Å². The van der Waals surface area contributed by atoms with Gasteiger partial charge in [0.15, 0.2) is 0 Å². The number of nitro benzene ring substituents is 1. The molecule has 10 nitrogen and oxygen atoms in total. The van der Waals surface area contributed by atoms with Gasteiger partial charge in [-0.3, -0.25) is 19.7 Å². The minimum Gasteiger partial charge on any atom is -0.495 e. The molecule has 2 saturated heterocycles. The third kappa shape index (κ3) is 5.64. The Morgan fingerprint density at radius 1 is 0.846 bits per heavy atom. The van der Waals surface area contributed by atoms with Crippen molar-refractivity contribution in [3.05, 3.63) is 88.0 Å². The van der Waals surface area contributed by atoms with Gasteiger partial charge in [-0.05, 0) is 49.2 Å². The molecular weight excluding hydrogens is 498 g/mol. The number of amides is 2. The molecule has 2 heterocycles. The van der Waals surface area contributed by atoms with Crippen LogP contribution in [0.2, 0.25) is 0 Å². The summed E-state index contributed by atoms with van der Waals surface area (Å²) in [6.07, 6.45) is 1.95. The van der Waals surface area contributed by atoms with Crippen LogP contribution in [0.4, 0.5) is 22.7 Å². The summed E-state index contributed by atoms with van der Waals surface area (Å²) in [4.78, 5) is 43.4. The van der Waals surface area contributed by atoms with Gasteiger partial charge < -0.3 is 24.8 Å². The number of hydrogen-bond acceptors (Lipinski definition) is 7. The van der Waals surface area contributed by atoms with Crippen molar-refractivity contribution in [3.63, 3.8) is 0 Å². The number of carbonyl (C=O) groups excluding carboxylic acids is 2. The number of piperazine rings is 1. The van der Waals surface area contributed by atoms with Gasteiger partial charge in [0.25, 0.3) is 17.5 Å². The van der Waals surface area contributed by atoms with Gasteiger partial charge >= 0.3 is 0 Å². The molecule has 0 saturated carbocycles. The smallest absolute Gasteiger partial charge is 0.270 e. The summed E-state index contributed by atoms with van der Waals surface area (Å²) in [6, 6.07) is 18.9. The lowest BCUT2D eigenvalue weighted by molar-refractivity contribution is -0.384. The molecular formula is C29H31N5O5. The molecule has 2 amide bonds. The first kappa shape index (κ1) is 26.0. The first-order valence-corrected chi connectivity index (χ1v) is 13.1. The molecule has 0 aromatic heterocycles. The number of hydrogen-bond donors (Lipinski definition) is 1. The molecule has 10 heteroatoms. The standard InChI is InChI=1S/C29H31N5O5/c1-39-27-10-3-2-9-26(27)32-17-15-31(16-18-32)25-12-11-22(20-24(25)29(36)33-13-4-5-14-33)30-28(35)21-7-6-8-23(19-21)34(37)38/h2-3,6-12,19-20H,4-5,13-18H2,1H3,(H,30,35). The molecule has 0 spiro atoms. The first-order chi connectivity index (χ1) is 18.9. The number of rotatable bonds is 7. The van der Waals surface area contributed by atoms with Gasteiger partial charge in [-0.2, -0.15) is 0 Å². The van der Waals surface area contributed by atoms with Crippen molar-refractivity contribution in [2.75, 3.05) is 61.5 Å². The van der Waals surface area contributed by atoms with Gasteiger partial charge in [-0.1, -0.05) is 18.2 Å². The number of para-hydroxylation sites is 2. The predicted octanol–water partition coefficient (Wildman–Crippen LogP) is 4.42. The van der Waals surface area contributed by atoms with Gasteiger partial charge in [-0.15, -0.1) is 0 Å². The molecule has 202 valence electrons. The van der Waals surface area contributed by atoms with Crippen LogP contribution in [-0.2, 0) is 0 Å². The Bertz CT molecular complexity index is 1380. The summed E-state index contributed by atoms with van der Waals surface area (Å²) in [5.41, 5.74) is 2.90. The molecule has 0 atom stereocenters. The number of nitrogens with one attached hydrogen (secondary N) is 1. The highest BCUT2D eigenvalue weighted by Gasteiger charge is 2.27. The maximum absolute atomic E-state index is 13.6. The van der Waals surface area contributed by atoms with E-state index in [1.165, 1.54) is 24.3 Å². The SMILES string of the molecule is COc1ccccc1N1CCN(c2ccc(NC(=O)c3cccc([N+](=O)[O-])c3)cc2C(=O)N2CCCC2)CC1. The number of ether oxygens (including phenoxy) is 1. The molecule has 0 bridgehead atoms. The predicted molar refractivity (Wildman–Crippen MR) is 150 cm³/mol. The Labute approximate surface area is 226 Å². The van der Waals surface area contributed by atoms with E-state index in [0.29, 0.717) is 24.3 Å². The molecule has 39 heavy (non-hydrogen) atoms. The summed E-state index contributed by atoms with van der Waals surface area (Å²) < 4.78 is 5.54. The lowest BCUT2D eigenvalue weighted by Gasteiger charge is -2.38. The number of methoxy groups -OCH3 is 1. The lowest BCUT2D eigenvalue weighted by Crippen LogP contribution is -2.47. The number of benzene rings is 3. The normalized spacial score (nSPS) is 15.3. The van der Waals surface area contributed by atoms with Crippen molar-refractivity contribution in [2.24, 2.45) is 0 Å². The second-order valence-electron chi connectivity index (χ2n) is 9.64. The summed E-state index contributed by atoms with van der Waals surface area (Å²) >= 11 is 0. The van der Waals surface area contributed by atoms with Gasteiger partial charge in [0.2, 0.25) is 0 Å². The van der Waals surface area contributed by atoms with Crippen molar-refractivity contribution in [2.45, 2.75) is 12.8 Å². The van der Waals surface area contributed by atoms with Crippen LogP contribution in [0.15, 0.2) is 66.7 Å². The van der Waals surface area contributed by atoms with Crippen LogP contribution in [0.25, 0.3) is 0 Å². The molecule has 3 aromatic rings. The fourth-order valence-electron chi connectivity index (χ4n) is 5.19. The number of likely N-dealkylation sites (tertiary alicyclic amines) is 1. The Balaban J connectivity index is 1.38. The molecule has 0 unspecified atom stereocenters. The highest BCUT2D eigenvalue weighted by Crippen LogP contribution is 2.32. The molecule has 0 aliphatic carbocycles. The third-order valence-corrected chi connectivity index (χ3v) is 7.24. The maximum Gasteiger partial charge on any atom is 0.270 e. The lowest BCUT2D eigenvalue weighted by atomic mass is 10.1. The molecule has 3 aromatic carbocycles. The molecule has 2 aliphatic rings. The van der Waals surface area contributed by atoms with Crippen molar-refractivity contribution in [1.29, 1.82) is 0 Å². The van der Waals surface area contributed by atoms with Gasteiger partial charge in [-0.25, -0.2) is 0 Å². The number of nitro groups is 1. The molecule has 5 rings (SSSR count). The van der Waals surface area contributed by atoms with E-state index in [1.807, 2.05) is 29.2 Å². The second-order valence-corrected chi connectivity index (χ2v) is 9.64. The first-order valence-electron chi connectivity index (χ1n) is 13.1. The van der Waals surface area contributed by atoms with E-state index in [9.17, 15) is 19.7 Å². The van der Waals surface area contributed by atoms with Crippen molar-refractivity contribution >= 4 is 34.6 Å². The zero-order valence-corrected chi connectivity index (χ0v) is 21.8. The van der Waals surface area contributed by atoms with Crippen LogP contribution in [0, 0.1) is 10.1 Å². The zero-order valence-electron chi connectivity index (χ0n) is 21.8. The Kier molecular flexibility index (Phi) is 7.62. The number of anilines is 3. The molecule has 2 fully saturated rings. The van der Waals surface area contributed by atoms with Crippen LogP contribution in [-0.4, -0.2) is 68.0 Å². The van der Waals surface area contributed by atoms with Crippen molar-refractivity contribution in [1.82, 2.24) is 4.90 Å². The average molecular weight is 530 g/mol. The fraction of sp³-hybridized carbons (Fsp3) is 0.310. The molecule has 0 radical (unpaired) electrons. The van der Waals surface area contributed by atoms with Crippen LogP contribution in [0.1, 0.15) is 33.6 Å². The van der Waals surface area contributed by atoms with E-state index >= 15 is 0 Å². The molecule has 2 aliphatic heterocycles. The quantitative estimate of drug-likeness (QED) is 0.357. The highest BCUT2D eigenvalue weighted by atomic mass is 16.6. The van der Waals surface area contributed by atoms with E-state index in [2.05, 4.69) is 21.2 Å². The number of non-ortho nitro benzene ring substituents is 1. The largest absolute Gasteiger partial charge is 0.495 e. The summed E-state index contributed by atoms with van der Waals surface area (Å²) in [5.74, 6) is 0.303. The Hall–Kier alpha value is -4.60. The van der Waals surface area contributed by atoms with Gasteiger partial charge in [0.1, 0.15) is 5.75 Å². The Morgan fingerprint density at radius 3 is 2.23 bits per heavy atom. The highest BCUT2D eigenvalue weighted by molar-refractivity contribution is 6.06. The van der Waals surface area contributed by atoms with E-state index < -0.39 is 10.8 Å². The monoisotopic (exact) mass is 529 g/mol. The second kappa shape index (κ2) is 11.4. The van der Waals surface area contributed by atoms with Crippen LogP contribution < -0.4 is 19.9 Å². The van der Waals surface area contributed by atoms with Gasteiger partial charge in [0, 0.05) is 68.3 Å². The van der Waals surface area contributed by atoms with Crippen molar-refractivity contribution < 1.29 is 19.2 Å². The van der Waals surface area contributed by atoms with E-state index in [4.69, 9.17) is 4.74 Å². The minimum absolute atomic E-state index is 0.0545. The van der Waals surface area contributed by atoms with Crippen LogP contribution >= 0.6 is 0 Å². The Morgan fingerprint density at radius 2 is 1.54 bits per heavy atom. The summed E-state index contributed by atoms with van der Waals surface area (Å²) in [7, 11) is 1.67. The minimum atomic E-state index is -0.536. The topological polar surface area (TPSA) is 108 Å².